The first-order valence-electron chi connectivity index (χ1n) is 4.88. The van der Waals surface area contributed by atoms with Crippen LogP contribution in [-0.2, 0) is 23.7 Å². The number of hydrogen-bond donors (Lipinski definition) is 1. The lowest BCUT2D eigenvalue weighted by molar-refractivity contribution is -0.214. The summed E-state index contributed by atoms with van der Waals surface area (Å²) < 4.78 is 21.4. The molecule has 0 aromatic carbocycles. The van der Waals surface area contributed by atoms with E-state index in [9.17, 15) is 9.90 Å². The van der Waals surface area contributed by atoms with Crippen molar-refractivity contribution in [2.45, 2.75) is 50.3 Å². The number of hydrogen-bond acceptors (Lipinski definition) is 6. The molecule has 3 fully saturated rings. The van der Waals surface area contributed by atoms with Gasteiger partial charge in [-0.3, -0.25) is 0 Å². The Morgan fingerprint density at radius 3 is 2.67 bits per heavy atom. The van der Waals surface area contributed by atoms with Crippen molar-refractivity contribution in [3.8, 4) is 0 Å². The van der Waals surface area contributed by atoms with Crippen molar-refractivity contribution < 1.29 is 28.8 Å². The third-order valence-electron chi connectivity index (χ3n) is 2.83. The fourth-order valence-electron chi connectivity index (χ4n) is 2.23. The molecule has 3 saturated heterocycles. The van der Waals surface area contributed by atoms with Crippen molar-refractivity contribution in [2.75, 3.05) is 0 Å². The first-order chi connectivity index (χ1) is 6.98. The summed E-state index contributed by atoms with van der Waals surface area (Å²) in [6.07, 6.45) is -3.44. The summed E-state index contributed by atoms with van der Waals surface area (Å²) >= 11 is 0. The molecule has 5 atom stereocenters. The van der Waals surface area contributed by atoms with Gasteiger partial charge < -0.3 is 24.1 Å². The van der Waals surface area contributed by atoms with Crippen LogP contribution in [0, 0.1) is 0 Å². The van der Waals surface area contributed by atoms with Crippen LogP contribution in [0.15, 0.2) is 0 Å². The van der Waals surface area contributed by atoms with Gasteiger partial charge in [0, 0.05) is 0 Å². The minimum atomic E-state index is -1.23. The van der Waals surface area contributed by atoms with Crippen LogP contribution in [0.3, 0.4) is 0 Å². The maximum atomic E-state index is 11.1. The van der Waals surface area contributed by atoms with Crippen LogP contribution in [0.5, 0.6) is 0 Å². The number of aliphatic hydroxyl groups is 1. The summed E-state index contributed by atoms with van der Waals surface area (Å²) in [6.45, 7) is 3.52. The smallest absolute Gasteiger partial charge is 0.338 e. The second-order valence-electron chi connectivity index (χ2n) is 4.42. The maximum absolute atomic E-state index is 11.1. The van der Waals surface area contributed by atoms with E-state index in [2.05, 4.69) is 0 Å². The van der Waals surface area contributed by atoms with Gasteiger partial charge in [-0.2, -0.15) is 0 Å². The summed E-state index contributed by atoms with van der Waals surface area (Å²) in [6, 6.07) is 0. The van der Waals surface area contributed by atoms with Crippen molar-refractivity contribution in [3.63, 3.8) is 0 Å². The normalized spacial score (nSPS) is 51.4. The van der Waals surface area contributed by atoms with Gasteiger partial charge in [0.05, 0.1) is 0 Å². The number of carbonyl (C=O) groups is 1. The molecule has 0 aromatic rings. The molecule has 0 amide bonds. The Morgan fingerprint density at radius 1 is 1.20 bits per heavy atom. The second kappa shape index (κ2) is 2.70. The van der Waals surface area contributed by atoms with E-state index in [0.717, 1.165) is 0 Å². The van der Waals surface area contributed by atoms with Crippen molar-refractivity contribution in [1.29, 1.82) is 0 Å². The molecule has 3 aliphatic heterocycles. The number of carbonyl (C=O) groups excluding carboxylic acids is 1. The Bertz CT molecular complexity index is 314. The Morgan fingerprint density at radius 2 is 1.93 bits per heavy atom. The van der Waals surface area contributed by atoms with Gasteiger partial charge in [-0.25, -0.2) is 4.79 Å². The third-order valence-corrected chi connectivity index (χ3v) is 2.83. The van der Waals surface area contributed by atoms with E-state index in [0.29, 0.717) is 0 Å². The van der Waals surface area contributed by atoms with E-state index in [-0.39, 0.29) is 0 Å². The van der Waals surface area contributed by atoms with Gasteiger partial charge in [0.1, 0.15) is 6.10 Å². The van der Waals surface area contributed by atoms with Gasteiger partial charge >= 0.3 is 5.97 Å². The quantitative estimate of drug-likeness (QED) is 0.532. The highest BCUT2D eigenvalue weighted by Crippen LogP contribution is 2.42. The summed E-state index contributed by atoms with van der Waals surface area (Å²) in [5.41, 5.74) is 0. The topological polar surface area (TPSA) is 74.2 Å². The molecule has 0 saturated carbocycles. The van der Waals surface area contributed by atoms with Crippen molar-refractivity contribution in [2.24, 2.45) is 0 Å². The molecule has 6 heteroatoms. The predicted octanol–water partition coefficient (Wildman–Crippen LogP) is -0.851. The van der Waals surface area contributed by atoms with Gasteiger partial charge in [-0.05, 0) is 13.8 Å². The highest BCUT2D eigenvalue weighted by atomic mass is 16.8. The van der Waals surface area contributed by atoms with Crippen LogP contribution < -0.4 is 0 Å². The molecular weight excluding hydrogens is 204 g/mol. The summed E-state index contributed by atoms with van der Waals surface area (Å²) in [5.74, 6) is -1.39. The molecule has 15 heavy (non-hydrogen) atoms. The summed E-state index contributed by atoms with van der Waals surface area (Å²) in [7, 11) is 0. The molecule has 0 spiro atoms. The van der Waals surface area contributed by atoms with E-state index >= 15 is 0 Å². The van der Waals surface area contributed by atoms with E-state index in [4.69, 9.17) is 18.9 Å². The van der Waals surface area contributed by atoms with Gasteiger partial charge in [0.25, 0.3) is 0 Å². The molecular formula is C9H12O6. The molecule has 1 N–H and O–H groups in total. The van der Waals surface area contributed by atoms with Crippen LogP contribution in [-0.4, -0.2) is 47.6 Å². The molecule has 0 radical (unpaired) electrons. The minimum absolute atomic E-state index is 0.439. The van der Waals surface area contributed by atoms with Crippen LogP contribution in [0.1, 0.15) is 13.8 Å². The molecule has 0 bridgehead atoms. The van der Waals surface area contributed by atoms with Crippen molar-refractivity contribution in [1.82, 2.24) is 0 Å². The third kappa shape index (κ3) is 1.22. The van der Waals surface area contributed by atoms with Crippen LogP contribution in [0.2, 0.25) is 0 Å². The standard InChI is InChI=1S/C9H12O6/c1-9(2)14-6-5-4(13-8(6)15-9)3(10)7(11)12-5/h3-6,8,10H,1-2H3/t3-,4?,5-,6+,8+/m1/s1. The van der Waals surface area contributed by atoms with Gasteiger partial charge in [-0.1, -0.05) is 0 Å². The number of fused-ring (bicyclic) bond motifs is 3. The Kier molecular flexibility index (Phi) is 1.72. The van der Waals surface area contributed by atoms with E-state index in [1.165, 1.54) is 0 Å². The summed E-state index contributed by atoms with van der Waals surface area (Å²) in [5, 5.41) is 9.44. The number of rotatable bonds is 0. The zero-order valence-electron chi connectivity index (χ0n) is 8.38. The van der Waals surface area contributed by atoms with Gasteiger partial charge in [-0.15, -0.1) is 0 Å². The number of ether oxygens (including phenoxy) is 4. The van der Waals surface area contributed by atoms with Gasteiger partial charge in [0.2, 0.25) is 0 Å². The Balaban J connectivity index is 1.83. The van der Waals surface area contributed by atoms with Crippen LogP contribution >= 0.6 is 0 Å². The van der Waals surface area contributed by atoms with E-state index in [1.54, 1.807) is 13.8 Å². The lowest BCUT2D eigenvalue weighted by Crippen LogP contribution is -2.35. The molecule has 6 nitrogen and oxygen atoms in total. The SMILES string of the molecule is CC1(C)O[C@@H]2OC3[C@@H](OC(=O)[C@@H]3O)[C@@H]2O1. The van der Waals surface area contributed by atoms with Crippen molar-refractivity contribution >= 4 is 5.97 Å². The molecule has 3 rings (SSSR count). The average Bonchev–Trinajstić information content (AvgIpc) is 2.66. The molecule has 0 aliphatic carbocycles. The highest BCUT2D eigenvalue weighted by molar-refractivity contribution is 5.78. The lowest BCUT2D eigenvalue weighted by Gasteiger charge is -2.20. The Hall–Kier alpha value is -0.690. The fourth-order valence-corrected chi connectivity index (χ4v) is 2.23. The minimum Gasteiger partial charge on any atom is -0.454 e. The fraction of sp³-hybridized carbons (Fsp3) is 0.889. The average molecular weight is 216 g/mol. The highest BCUT2D eigenvalue weighted by Gasteiger charge is 2.62. The second-order valence-corrected chi connectivity index (χ2v) is 4.42. The number of esters is 1. The van der Waals surface area contributed by atoms with Crippen LogP contribution in [0.4, 0.5) is 0 Å². The zero-order valence-corrected chi connectivity index (χ0v) is 8.38. The molecule has 1 unspecified atom stereocenters. The van der Waals surface area contributed by atoms with Gasteiger partial charge in [0.15, 0.2) is 30.4 Å². The van der Waals surface area contributed by atoms with Crippen molar-refractivity contribution in [3.05, 3.63) is 0 Å². The Labute approximate surface area is 86.1 Å². The molecule has 3 aliphatic rings. The molecule has 3 heterocycles. The maximum Gasteiger partial charge on any atom is 0.338 e. The van der Waals surface area contributed by atoms with E-state index in [1.807, 2.05) is 0 Å². The molecule has 84 valence electrons. The van der Waals surface area contributed by atoms with Crippen LogP contribution in [0.25, 0.3) is 0 Å². The predicted molar refractivity (Wildman–Crippen MR) is 44.6 cm³/mol. The number of aliphatic hydroxyl groups excluding tert-OH is 1. The zero-order chi connectivity index (χ0) is 10.8. The monoisotopic (exact) mass is 216 g/mol. The molecule has 0 aromatic heterocycles. The first-order valence-corrected chi connectivity index (χ1v) is 4.88. The lowest BCUT2D eigenvalue weighted by atomic mass is 10.1. The van der Waals surface area contributed by atoms with E-state index < -0.39 is 42.5 Å². The largest absolute Gasteiger partial charge is 0.454 e. The summed E-state index contributed by atoms with van der Waals surface area (Å²) in [4.78, 5) is 11.1. The first kappa shape index (κ1) is 9.53.